The van der Waals surface area contributed by atoms with Crippen LogP contribution in [0.15, 0.2) is 54.6 Å². The summed E-state index contributed by atoms with van der Waals surface area (Å²) in [7, 11) is 0. The van der Waals surface area contributed by atoms with Gasteiger partial charge in [-0.3, -0.25) is 4.90 Å². The van der Waals surface area contributed by atoms with Gasteiger partial charge in [0.2, 0.25) is 0 Å². The molecule has 2 atom stereocenters. The Kier molecular flexibility index (Phi) is 8.97. The van der Waals surface area contributed by atoms with Gasteiger partial charge in [0, 0.05) is 25.6 Å². The van der Waals surface area contributed by atoms with Gasteiger partial charge in [0.25, 0.3) is 0 Å². The van der Waals surface area contributed by atoms with Gasteiger partial charge in [0.1, 0.15) is 0 Å². The Balaban J connectivity index is 0.00000280. The molecule has 1 saturated heterocycles. The Morgan fingerprint density at radius 1 is 1.04 bits per heavy atom. The van der Waals surface area contributed by atoms with Crippen molar-refractivity contribution in [1.82, 2.24) is 4.90 Å². The normalized spacial score (nSPS) is 18.1. The Morgan fingerprint density at radius 3 is 2.29 bits per heavy atom. The van der Waals surface area contributed by atoms with E-state index in [0.717, 1.165) is 57.7 Å². The van der Waals surface area contributed by atoms with E-state index in [-0.39, 0.29) is 18.3 Å². The minimum atomic E-state index is -0.872. The van der Waals surface area contributed by atoms with Crippen LogP contribution in [0.1, 0.15) is 48.8 Å². The molecule has 2 aromatic rings. The predicted molar refractivity (Wildman–Crippen MR) is 118 cm³/mol. The van der Waals surface area contributed by atoms with Crippen LogP contribution in [0, 0.1) is 6.92 Å². The summed E-state index contributed by atoms with van der Waals surface area (Å²) in [6, 6.07) is 19.0. The van der Waals surface area contributed by atoms with Crippen LogP contribution in [0.4, 0.5) is 0 Å². The number of rotatable bonds is 8. The number of ether oxygens (including phenoxy) is 1. The number of morpholine rings is 1. The largest absolute Gasteiger partial charge is 0.384 e. The molecular formula is C24H34ClNO2. The van der Waals surface area contributed by atoms with E-state index in [9.17, 15) is 5.11 Å². The van der Waals surface area contributed by atoms with Crippen LogP contribution in [0.25, 0.3) is 0 Å². The quantitative estimate of drug-likeness (QED) is 0.679. The fourth-order valence-corrected chi connectivity index (χ4v) is 4.07. The summed E-state index contributed by atoms with van der Waals surface area (Å²) < 4.78 is 5.53. The third-order valence-corrected chi connectivity index (χ3v) is 5.79. The molecule has 3 nitrogen and oxygen atoms in total. The maximum Gasteiger partial charge on any atom is 0.0977 e. The molecule has 0 spiro atoms. The lowest BCUT2D eigenvalue weighted by molar-refractivity contribution is -0.0293. The van der Waals surface area contributed by atoms with Crippen molar-refractivity contribution in [2.45, 2.75) is 44.6 Å². The second kappa shape index (κ2) is 11.0. The van der Waals surface area contributed by atoms with Crippen LogP contribution in [-0.2, 0) is 10.3 Å². The van der Waals surface area contributed by atoms with Crippen LogP contribution < -0.4 is 0 Å². The smallest absolute Gasteiger partial charge is 0.0977 e. The van der Waals surface area contributed by atoms with Crippen molar-refractivity contribution >= 4 is 12.4 Å². The highest BCUT2D eigenvalue weighted by Crippen LogP contribution is 2.41. The molecule has 0 radical (unpaired) electrons. The van der Waals surface area contributed by atoms with Crippen molar-refractivity contribution in [2.75, 3.05) is 32.8 Å². The molecule has 4 heteroatoms. The maximum absolute atomic E-state index is 12.1. The monoisotopic (exact) mass is 403 g/mol. The standard InChI is InChI=1S/C24H33NO2.ClH/c1-3-4-14-24(26,22-12-10-20(2)11-13-22)23(21-8-6-5-7-9-21)19-25-15-17-27-18-16-25;/h5-13,23,26H,3-4,14-19H2,1-2H3;1H. The highest BCUT2D eigenvalue weighted by atomic mass is 35.5. The Labute approximate surface area is 176 Å². The zero-order valence-corrected chi connectivity index (χ0v) is 18.0. The number of benzene rings is 2. The Hall–Kier alpha value is -1.39. The fraction of sp³-hybridized carbons (Fsp3) is 0.500. The summed E-state index contributed by atoms with van der Waals surface area (Å²) in [6.45, 7) is 8.55. The lowest BCUT2D eigenvalue weighted by Crippen LogP contribution is -2.45. The van der Waals surface area contributed by atoms with Crippen LogP contribution in [0.5, 0.6) is 0 Å². The van der Waals surface area contributed by atoms with E-state index < -0.39 is 5.60 Å². The number of hydrogen-bond donors (Lipinski definition) is 1. The minimum absolute atomic E-state index is 0. The Morgan fingerprint density at radius 2 is 1.68 bits per heavy atom. The average molecular weight is 404 g/mol. The number of halogens is 1. The van der Waals surface area contributed by atoms with Crippen molar-refractivity contribution in [2.24, 2.45) is 0 Å². The van der Waals surface area contributed by atoms with Gasteiger partial charge in [0.05, 0.1) is 18.8 Å². The predicted octanol–water partition coefficient (Wildman–Crippen LogP) is 4.91. The van der Waals surface area contributed by atoms with Crippen molar-refractivity contribution in [3.63, 3.8) is 0 Å². The molecule has 2 unspecified atom stereocenters. The molecule has 0 saturated carbocycles. The van der Waals surface area contributed by atoms with Crippen LogP contribution in [0.2, 0.25) is 0 Å². The molecule has 3 rings (SSSR count). The highest BCUT2D eigenvalue weighted by Gasteiger charge is 2.39. The summed E-state index contributed by atoms with van der Waals surface area (Å²) in [5, 5.41) is 12.1. The zero-order valence-electron chi connectivity index (χ0n) is 17.1. The van der Waals surface area contributed by atoms with Crippen molar-refractivity contribution in [1.29, 1.82) is 0 Å². The minimum Gasteiger partial charge on any atom is -0.384 e. The van der Waals surface area contributed by atoms with Gasteiger partial charge in [-0.2, -0.15) is 0 Å². The van der Waals surface area contributed by atoms with E-state index in [1.54, 1.807) is 0 Å². The molecule has 2 aromatic carbocycles. The zero-order chi connectivity index (χ0) is 19.1. The second-order valence-corrected chi connectivity index (χ2v) is 7.77. The van der Waals surface area contributed by atoms with Crippen molar-refractivity contribution in [3.05, 3.63) is 71.3 Å². The number of hydrogen-bond acceptors (Lipinski definition) is 3. The number of unbranched alkanes of at least 4 members (excludes halogenated alkanes) is 1. The number of aliphatic hydroxyl groups is 1. The third-order valence-electron chi connectivity index (χ3n) is 5.79. The van der Waals surface area contributed by atoms with Gasteiger partial charge < -0.3 is 9.84 Å². The van der Waals surface area contributed by atoms with Gasteiger partial charge in [-0.1, -0.05) is 79.9 Å². The fourth-order valence-electron chi connectivity index (χ4n) is 4.07. The van der Waals surface area contributed by atoms with Crippen LogP contribution >= 0.6 is 12.4 Å². The van der Waals surface area contributed by atoms with Crippen molar-refractivity contribution in [3.8, 4) is 0 Å². The summed E-state index contributed by atoms with van der Waals surface area (Å²) in [6.07, 6.45) is 2.86. The first kappa shape index (κ1) is 22.9. The first-order chi connectivity index (χ1) is 13.1. The van der Waals surface area contributed by atoms with Gasteiger partial charge >= 0.3 is 0 Å². The molecule has 1 heterocycles. The summed E-state index contributed by atoms with van der Waals surface area (Å²) in [5.74, 6) is 0.0334. The first-order valence-corrected chi connectivity index (χ1v) is 10.3. The van der Waals surface area contributed by atoms with Gasteiger partial charge in [0.15, 0.2) is 0 Å². The Bertz CT molecular complexity index is 686. The van der Waals surface area contributed by atoms with Crippen LogP contribution in [-0.4, -0.2) is 42.9 Å². The van der Waals surface area contributed by atoms with E-state index in [4.69, 9.17) is 4.74 Å². The lowest BCUT2D eigenvalue weighted by atomic mass is 9.74. The highest BCUT2D eigenvalue weighted by molar-refractivity contribution is 5.85. The molecular weight excluding hydrogens is 370 g/mol. The molecule has 0 bridgehead atoms. The molecule has 1 N–H and O–H groups in total. The summed E-state index contributed by atoms with van der Waals surface area (Å²) in [5.41, 5.74) is 2.59. The number of nitrogens with zero attached hydrogens (tertiary/aromatic N) is 1. The van der Waals surface area contributed by atoms with E-state index in [1.807, 2.05) is 6.07 Å². The summed E-state index contributed by atoms with van der Waals surface area (Å²) >= 11 is 0. The van der Waals surface area contributed by atoms with E-state index in [2.05, 4.69) is 67.3 Å². The SMILES string of the molecule is CCCCC(O)(c1ccc(C)cc1)C(CN1CCOCC1)c1ccccc1.Cl. The summed E-state index contributed by atoms with van der Waals surface area (Å²) in [4.78, 5) is 2.44. The molecule has 28 heavy (non-hydrogen) atoms. The molecule has 0 aromatic heterocycles. The second-order valence-electron chi connectivity index (χ2n) is 7.77. The molecule has 0 aliphatic carbocycles. The number of aryl methyl sites for hydroxylation is 1. The van der Waals surface area contributed by atoms with E-state index in [1.165, 1.54) is 11.1 Å². The molecule has 0 amide bonds. The first-order valence-electron chi connectivity index (χ1n) is 10.3. The molecule has 154 valence electrons. The maximum atomic E-state index is 12.1. The van der Waals surface area contributed by atoms with Crippen molar-refractivity contribution < 1.29 is 9.84 Å². The van der Waals surface area contributed by atoms with E-state index >= 15 is 0 Å². The van der Waals surface area contributed by atoms with Gasteiger partial charge in [-0.05, 0) is 24.5 Å². The van der Waals surface area contributed by atoms with E-state index in [0.29, 0.717) is 0 Å². The third kappa shape index (κ3) is 5.57. The van der Waals surface area contributed by atoms with Crippen LogP contribution in [0.3, 0.4) is 0 Å². The average Bonchev–Trinajstić information content (AvgIpc) is 2.72. The van der Waals surface area contributed by atoms with Gasteiger partial charge in [-0.25, -0.2) is 0 Å². The van der Waals surface area contributed by atoms with Gasteiger partial charge in [-0.15, -0.1) is 12.4 Å². The molecule has 1 aliphatic heterocycles. The lowest BCUT2D eigenvalue weighted by Gasteiger charge is -2.41. The molecule has 1 aliphatic rings. The molecule has 1 fully saturated rings. The topological polar surface area (TPSA) is 32.7 Å².